The van der Waals surface area contributed by atoms with Crippen LogP contribution in [0.1, 0.15) is 49.7 Å². The molecule has 0 aromatic heterocycles. The van der Waals surface area contributed by atoms with Crippen molar-refractivity contribution in [3.05, 3.63) is 47.5 Å². The molecular weight excluding hydrogens is 408 g/mol. The Kier molecular flexibility index (Phi) is 8.08. The van der Waals surface area contributed by atoms with Gasteiger partial charge in [0.15, 0.2) is 11.5 Å². The van der Waals surface area contributed by atoms with Gasteiger partial charge < -0.3 is 19.5 Å². The van der Waals surface area contributed by atoms with Crippen molar-refractivity contribution in [3.63, 3.8) is 0 Å². The lowest BCUT2D eigenvalue weighted by atomic mass is 10.1. The normalized spacial score (nSPS) is 12.2. The largest absolute Gasteiger partial charge is 0.490 e. The number of hydrogen-bond donors (Lipinski definition) is 2. The Labute approximate surface area is 177 Å². The second-order valence-electron chi connectivity index (χ2n) is 6.41. The molecule has 164 valence electrons. The Balaban J connectivity index is 2.28. The molecule has 9 heteroatoms. The third-order valence-corrected chi connectivity index (χ3v) is 5.16. The van der Waals surface area contributed by atoms with Crippen molar-refractivity contribution in [1.82, 2.24) is 5.32 Å². The molecule has 0 saturated carbocycles. The number of carbonyl (C=O) groups is 1. The summed E-state index contributed by atoms with van der Waals surface area (Å²) < 4.78 is 39.7. The van der Waals surface area contributed by atoms with Crippen LogP contribution in [0, 0.1) is 0 Å². The molecule has 1 unspecified atom stereocenters. The van der Waals surface area contributed by atoms with Gasteiger partial charge in [0.25, 0.3) is 5.91 Å². The van der Waals surface area contributed by atoms with Crippen molar-refractivity contribution < 1.29 is 27.4 Å². The SMILES string of the molecule is CCOc1cc(C(=O)NC(C)c2ccc(S(N)(=O)=O)cc2)cc(OCC)c1OCC. The summed E-state index contributed by atoms with van der Waals surface area (Å²) in [6, 6.07) is 8.89. The molecule has 30 heavy (non-hydrogen) atoms. The predicted molar refractivity (Wildman–Crippen MR) is 114 cm³/mol. The van der Waals surface area contributed by atoms with Crippen molar-refractivity contribution >= 4 is 15.9 Å². The molecule has 0 bridgehead atoms. The van der Waals surface area contributed by atoms with Gasteiger partial charge in [0.05, 0.1) is 30.8 Å². The van der Waals surface area contributed by atoms with Crippen molar-refractivity contribution in [2.45, 2.75) is 38.6 Å². The van der Waals surface area contributed by atoms with Gasteiger partial charge in [0.1, 0.15) is 0 Å². The number of carbonyl (C=O) groups excluding carboxylic acids is 1. The first kappa shape index (κ1) is 23.5. The van der Waals surface area contributed by atoms with Gasteiger partial charge in [-0.1, -0.05) is 12.1 Å². The molecule has 0 saturated heterocycles. The molecule has 2 aromatic carbocycles. The minimum atomic E-state index is -3.77. The Morgan fingerprint density at radius 1 is 0.967 bits per heavy atom. The van der Waals surface area contributed by atoms with E-state index in [1.807, 2.05) is 20.8 Å². The van der Waals surface area contributed by atoms with E-state index < -0.39 is 10.0 Å². The number of ether oxygens (including phenoxy) is 3. The molecule has 0 fully saturated rings. The van der Waals surface area contributed by atoms with Crippen LogP contribution in [0.2, 0.25) is 0 Å². The molecule has 2 rings (SSSR count). The lowest BCUT2D eigenvalue weighted by Gasteiger charge is -2.18. The van der Waals surface area contributed by atoms with Crippen LogP contribution in [-0.4, -0.2) is 34.1 Å². The van der Waals surface area contributed by atoms with Gasteiger partial charge >= 0.3 is 0 Å². The number of primary sulfonamides is 1. The second kappa shape index (κ2) is 10.3. The highest BCUT2D eigenvalue weighted by molar-refractivity contribution is 7.89. The van der Waals surface area contributed by atoms with E-state index in [0.29, 0.717) is 42.6 Å². The first-order valence-electron chi connectivity index (χ1n) is 9.71. The van der Waals surface area contributed by atoms with Gasteiger partial charge in [0.2, 0.25) is 15.8 Å². The van der Waals surface area contributed by atoms with E-state index in [9.17, 15) is 13.2 Å². The second-order valence-corrected chi connectivity index (χ2v) is 7.97. The van der Waals surface area contributed by atoms with Crippen LogP contribution in [0.15, 0.2) is 41.3 Å². The molecule has 8 nitrogen and oxygen atoms in total. The summed E-state index contributed by atoms with van der Waals surface area (Å²) in [5.74, 6) is 0.994. The summed E-state index contributed by atoms with van der Waals surface area (Å²) in [5, 5.41) is 8.01. The van der Waals surface area contributed by atoms with Crippen LogP contribution < -0.4 is 24.7 Å². The van der Waals surface area contributed by atoms with E-state index >= 15 is 0 Å². The van der Waals surface area contributed by atoms with Crippen molar-refractivity contribution in [3.8, 4) is 17.2 Å². The van der Waals surface area contributed by atoms with Gasteiger partial charge in [-0.25, -0.2) is 13.6 Å². The average Bonchev–Trinajstić information content (AvgIpc) is 2.70. The van der Waals surface area contributed by atoms with Gasteiger partial charge in [-0.05, 0) is 57.5 Å². The highest BCUT2D eigenvalue weighted by Crippen LogP contribution is 2.39. The number of hydrogen-bond acceptors (Lipinski definition) is 6. The summed E-state index contributed by atoms with van der Waals surface area (Å²) in [5.41, 5.74) is 1.09. The van der Waals surface area contributed by atoms with Crippen LogP contribution in [0.25, 0.3) is 0 Å². The summed E-state index contributed by atoms with van der Waals surface area (Å²) in [7, 11) is -3.77. The van der Waals surface area contributed by atoms with Crippen LogP contribution in [0.4, 0.5) is 0 Å². The summed E-state index contributed by atoms with van der Waals surface area (Å²) >= 11 is 0. The fourth-order valence-electron chi connectivity index (χ4n) is 2.83. The van der Waals surface area contributed by atoms with Gasteiger partial charge in [-0.15, -0.1) is 0 Å². The highest BCUT2D eigenvalue weighted by Gasteiger charge is 2.20. The minimum absolute atomic E-state index is 0.0130. The molecule has 0 spiro atoms. The number of amides is 1. The first-order valence-corrected chi connectivity index (χ1v) is 11.3. The monoisotopic (exact) mass is 436 g/mol. The first-order chi connectivity index (χ1) is 14.2. The van der Waals surface area contributed by atoms with E-state index in [2.05, 4.69) is 5.32 Å². The molecule has 2 aromatic rings. The predicted octanol–water partition coefficient (Wildman–Crippen LogP) is 3.02. The Morgan fingerprint density at radius 2 is 1.47 bits per heavy atom. The van der Waals surface area contributed by atoms with Crippen LogP contribution in [0.5, 0.6) is 17.2 Å². The van der Waals surface area contributed by atoms with Crippen LogP contribution in [-0.2, 0) is 10.0 Å². The van der Waals surface area contributed by atoms with Crippen molar-refractivity contribution in [2.75, 3.05) is 19.8 Å². The molecule has 0 heterocycles. The number of sulfonamides is 1. The number of nitrogens with two attached hydrogens (primary N) is 1. The molecule has 0 aliphatic heterocycles. The fourth-order valence-corrected chi connectivity index (χ4v) is 3.34. The maximum atomic E-state index is 12.9. The average molecular weight is 437 g/mol. The molecule has 1 amide bonds. The Hall–Kier alpha value is -2.78. The summed E-state index contributed by atoms with van der Waals surface area (Å²) in [6.45, 7) is 8.58. The Morgan fingerprint density at radius 3 is 1.90 bits per heavy atom. The standard InChI is InChI=1S/C21H28N2O6S/c1-5-27-18-12-16(13-19(28-6-2)20(18)29-7-3)21(24)23-14(4)15-8-10-17(11-9-15)30(22,25)26/h8-14H,5-7H2,1-4H3,(H,23,24)(H2,22,25,26). The molecule has 0 aliphatic rings. The zero-order valence-electron chi connectivity index (χ0n) is 17.6. The van der Waals surface area contributed by atoms with Crippen LogP contribution >= 0.6 is 0 Å². The quantitative estimate of drug-likeness (QED) is 0.591. The number of nitrogens with one attached hydrogen (secondary N) is 1. The zero-order chi connectivity index (χ0) is 22.3. The molecule has 0 aliphatic carbocycles. The van der Waals surface area contributed by atoms with Crippen LogP contribution in [0.3, 0.4) is 0 Å². The smallest absolute Gasteiger partial charge is 0.252 e. The topological polar surface area (TPSA) is 117 Å². The zero-order valence-corrected chi connectivity index (χ0v) is 18.4. The Bertz CT molecular complexity index is 946. The van der Waals surface area contributed by atoms with E-state index in [0.717, 1.165) is 5.56 Å². The van der Waals surface area contributed by atoms with Gasteiger partial charge in [-0.3, -0.25) is 4.79 Å². The van der Waals surface area contributed by atoms with Crippen molar-refractivity contribution in [2.24, 2.45) is 5.14 Å². The van der Waals surface area contributed by atoms with Gasteiger partial charge in [-0.2, -0.15) is 0 Å². The maximum Gasteiger partial charge on any atom is 0.252 e. The van der Waals surface area contributed by atoms with Gasteiger partial charge in [0, 0.05) is 5.56 Å². The summed E-state index contributed by atoms with van der Waals surface area (Å²) in [6.07, 6.45) is 0. The molecule has 3 N–H and O–H groups in total. The third-order valence-electron chi connectivity index (χ3n) is 4.23. The summed E-state index contributed by atoms with van der Waals surface area (Å²) in [4.78, 5) is 12.9. The lowest BCUT2D eigenvalue weighted by Crippen LogP contribution is -2.27. The lowest BCUT2D eigenvalue weighted by molar-refractivity contribution is 0.0938. The third kappa shape index (κ3) is 5.87. The van der Waals surface area contributed by atoms with E-state index in [4.69, 9.17) is 19.3 Å². The molecule has 0 radical (unpaired) electrons. The highest BCUT2D eigenvalue weighted by atomic mass is 32.2. The molecule has 1 atom stereocenters. The molecular formula is C21H28N2O6S. The van der Waals surface area contributed by atoms with Crippen molar-refractivity contribution in [1.29, 1.82) is 0 Å². The minimum Gasteiger partial charge on any atom is -0.490 e. The number of benzene rings is 2. The number of rotatable bonds is 10. The van der Waals surface area contributed by atoms with E-state index in [1.54, 1.807) is 31.2 Å². The van der Waals surface area contributed by atoms with E-state index in [-0.39, 0.29) is 16.8 Å². The maximum absolute atomic E-state index is 12.9. The fraction of sp³-hybridized carbons (Fsp3) is 0.381. The van der Waals surface area contributed by atoms with E-state index in [1.165, 1.54) is 12.1 Å².